The van der Waals surface area contributed by atoms with E-state index in [1.54, 1.807) is 30.9 Å². The Kier molecular flexibility index (Phi) is 4.80. The summed E-state index contributed by atoms with van der Waals surface area (Å²) in [6.45, 7) is 3.92. The highest BCUT2D eigenvalue weighted by atomic mass is 19.1. The van der Waals surface area contributed by atoms with Crippen molar-refractivity contribution >= 4 is 17.2 Å². The summed E-state index contributed by atoms with van der Waals surface area (Å²) in [5, 5.41) is 8.09. The van der Waals surface area contributed by atoms with E-state index in [1.807, 2.05) is 38.1 Å². The Morgan fingerprint density at radius 3 is 2.34 bits per heavy atom. The van der Waals surface area contributed by atoms with E-state index >= 15 is 0 Å². The van der Waals surface area contributed by atoms with E-state index in [4.69, 9.17) is 14.6 Å². The molecule has 0 saturated carbocycles. The van der Waals surface area contributed by atoms with Gasteiger partial charge in [-0.3, -0.25) is 0 Å². The lowest BCUT2D eigenvalue weighted by molar-refractivity contribution is 0.355. The van der Waals surface area contributed by atoms with Crippen LogP contribution in [0.4, 0.5) is 15.9 Å². The van der Waals surface area contributed by atoms with Crippen molar-refractivity contribution in [3.63, 3.8) is 0 Å². The number of hydrogen-bond acceptors (Lipinski definition) is 5. The summed E-state index contributed by atoms with van der Waals surface area (Å²) in [5.74, 6) is 1.76. The molecule has 6 nitrogen and oxygen atoms in total. The molecule has 29 heavy (non-hydrogen) atoms. The summed E-state index contributed by atoms with van der Waals surface area (Å²) in [6, 6.07) is 13.8. The van der Waals surface area contributed by atoms with Crippen LogP contribution in [-0.2, 0) is 0 Å². The summed E-state index contributed by atoms with van der Waals surface area (Å²) < 4.78 is 25.7. The van der Waals surface area contributed by atoms with Gasteiger partial charge in [-0.15, -0.1) is 0 Å². The summed E-state index contributed by atoms with van der Waals surface area (Å²) in [7, 11) is 3.21. The molecule has 148 valence electrons. The number of rotatable bonds is 5. The maximum Gasteiger partial charge on any atom is 0.161 e. The number of aryl methyl sites for hydroxylation is 2. The lowest BCUT2D eigenvalue weighted by Crippen LogP contribution is -2.02. The second kappa shape index (κ2) is 7.43. The Labute approximate surface area is 167 Å². The van der Waals surface area contributed by atoms with Crippen molar-refractivity contribution in [3.8, 4) is 22.8 Å². The molecule has 0 radical (unpaired) electrons. The molecule has 0 amide bonds. The number of ether oxygens (including phenoxy) is 2. The van der Waals surface area contributed by atoms with Gasteiger partial charge in [-0.25, -0.2) is 9.37 Å². The molecular weight excluding hydrogens is 371 g/mol. The molecule has 2 aromatic carbocycles. The number of benzene rings is 2. The molecule has 4 rings (SSSR count). The molecule has 0 spiro atoms. The van der Waals surface area contributed by atoms with Crippen molar-refractivity contribution < 1.29 is 13.9 Å². The minimum absolute atomic E-state index is 0.280. The second-order valence-electron chi connectivity index (χ2n) is 6.69. The fourth-order valence-electron chi connectivity index (χ4n) is 3.27. The molecule has 2 aromatic heterocycles. The van der Waals surface area contributed by atoms with Gasteiger partial charge in [0.05, 0.1) is 19.9 Å². The van der Waals surface area contributed by atoms with Crippen molar-refractivity contribution in [1.82, 2.24) is 14.6 Å². The maximum absolute atomic E-state index is 13.2. The van der Waals surface area contributed by atoms with Gasteiger partial charge in [0.2, 0.25) is 0 Å². The summed E-state index contributed by atoms with van der Waals surface area (Å²) in [5.41, 5.74) is 5.01. The van der Waals surface area contributed by atoms with Gasteiger partial charge in [0.25, 0.3) is 0 Å². The predicted octanol–water partition coefficient (Wildman–Crippen LogP) is 4.91. The van der Waals surface area contributed by atoms with Crippen LogP contribution in [0.25, 0.3) is 16.9 Å². The van der Waals surface area contributed by atoms with Crippen molar-refractivity contribution in [3.05, 3.63) is 65.6 Å². The SMILES string of the molecule is COc1ccc(-c2nn3c(Nc4ccc(F)cc4)cc(C)nc3c2C)cc1OC. The summed E-state index contributed by atoms with van der Waals surface area (Å²) in [4.78, 5) is 4.66. The van der Waals surface area contributed by atoms with E-state index in [2.05, 4.69) is 10.3 Å². The number of aromatic nitrogens is 3. The molecule has 0 saturated heterocycles. The van der Waals surface area contributed by atoms with Gasteiger partial charge in [0, 0.05) is 28.6 Å². The van der Waals surface area contributed by atoms with Crippen LogP contribution in [-0.4, -0.2) is 28.8 Å². The number of halogens is 1. The van der Waals surface area contributed by atoms with Gasteiger partial charge in [-0.2, -0.15) is 9.61 Å². The maximum atomic E-state index is 13.2. The average Bonchev–Trinajstić information content (AvgIpc) is 3.06. The molecule has 0 aliphatic carbocycles. The topological polar surface area (TPSA) is 60.7 Å². The fourth-order valence-corrected chi connectivity index (χ4v) is 3.27. The van der Waals surface area contributed by atoms with Crippen molar-refractivity contribution in [1.29, 1.82) is 0 Å². The first-order valence-corrected chi connectivity index (χ1v) is 9.12. The van der Waals surface area contributed by atoms with Crippen LogP contribution in [0.2, 0.25) is 0 Å². The molecule has 1 N–H and O–H groups in total. The molecule has 2 heterocycles. The van der Waals surface area contributed by atoms with E-state index in [0.717, 1.165) is 39.7 Å². The molecule has 7 heteroatoms. The van der Waals surface area contributed by atoms with E-state index in [9.17, 15) is 4.39 Å². The van der Waals surface area contributed by atoms with Crippen LogP contribution < -0.4 is 14.8 Å². The highest BCUT2D eigenvalue weighted by Gasteiger charge is 2.17. The number of fused-ring (bicyclic) bond motifs is 1. The largest absolute Gasteiger partial charge is 0.493 e. The number of anilines is 2. The molecule has 4 aromatic rings. The molecule has 0 atom stereocenters. The minimum atomic E-state index is -0.280. The zero-order valence-corrected chi connectivity index (χ0v) is 16.7. The zero-order valence-electron chi connectivity index (χ0n) is 16.7. The van der Waals surface area contributed by atoms with E-state index < -0.39 is 0 Å². The summed E-state index contributed by atoms with van der Waals surface area (Å²) >= 11 is 0. The van der Waals surface area contributed by atoms with Crippen LogP contribution in [0.3, 0.4) is 0 Å². The van der Waals surface area contributed by atoms with E-state index in [-0.39, 0.29) is 5.82 Å². The molecule has 0 aliphatic heterocycles. The standard InChI is InChI=1S/C22H21FN4O2/c1-13-11-20(25-17-8-6-16(23)7-9-17)27-22(24-13)14(2)21(26-27)15-5-10-18(28-3)19(12-15)29-4/h5-12,25H,1-4H3. The lowest BCUT2D eigenvalue weighted by atomic mass is 10.1. The minimum Gasteiger partial charge on any atom is -0.493 e. The number of methoxy groups -OCH3 is 2. The second-order valence-corrected chi connectivity index (χ2v) is 6.69. The lowest BCUT2D eigenvalue weighted by Gasteiger charge is -2.09. The molecule has 0 aliphatic rings. The zero-order chi connectivity index (χ0) is 20.5. The number of nitrogens with one attached hydrogen (secondary N) is 1. The van der Waals surface area contributed by atoms with Gasteiger partial charge >= 0.3 is 0 Å². The first kappa shape index (κ1) is 18.7. The normalized spacial score (nSPS) is 10.9. The Morgan fingerprint density at radius 1 is 0.931 bits per heavy atom. The third-order valence-electron chi connectivity index (χ3n) is 4.72. The van der Waals surface area contributed by atoms with Gasteiger partial charge in [-0.05, 0) is 56.3 Å². The van der Waals surface area contributed by atoms with Crippen LogP contribution in [0, 0.1) is 19.7 Å². The van der Waals surface area contributed by atoms with Gasteiger partial charge in [0.15, 0.2) is 17.1 Å². The first-order chi connectivity index (χ1) is 14.0. The van der Waals surface area contributed by atoms with Crippen molar-refractivity contribution in [2.24, 2.45) is 0 Å². The Balaban J connectivity index is 1.83. The average molecular weight is 392 g/mol. The molecule has 0 bridgehead atoms. The molecular formula is C22H21FN4O2. The Hall–Kier alpha value is -3.61. The molecule has 0 fully saturated rings. The predicted molar refractivity (Wildman–Crippen MR) is 111 cm³/mol. The first-order valence-electron chi connectivity index (χ1n) is 9.12. The Bertz CT molecular complexity index is 1190. The Morgan fingerprint density at radius 2 is 1.66 bits per heavy atom. The monoisotopic (exact) mass is 392 g/mol. The third kappa shape index (κ3) is 3.47. The van der Waals surface area contributed by atoms with Crippen LogP contribution in [0.5, 0.6) is 11.5 Å². The van der Waals surface area contributed by atoms with E-state index in [0.29, 0.717) is 11.5 Å². The van der Waals surface area contributed by atoms with Crippen molar-refractivity contribution in [2.75, 3.05) is 19.5 Å². The van der Waals surface area contributed by atoms with Gasteiger partial charge < -0.3 is 14.8 Å². The van der Waals surface area contributed by atoms with Crippen LogP contribution >= 0.6 is 0 Å². The number of hydrogen-bond donors (Lipinski definition) is 1. The summed E-state index contributed by atoms with van der Waals surface area (Å²) in [6.07, 6.45) is 0. The van der Waals surface area contributed by atoms with E-state index in [1.165, 1.54) is 12.1 Å². The highest BCUT2D eigenvalue weighted by molar-refractivity contribution is 5.74. The molecule has 0 unspecified atom stereocenters. The van der Waals surface area contributed by atoms with Crippen LogP contribution in [0.1, 0.15) is 11.3 Å². The van der Waals surface area contributed by atoms with Crippen LogP contribution in [0.15, 0.2) is 48.5 Å². The van der Waals surface area contributed by atoms with Gasteiger partial charge in [0.1, 0.15) is 11.6 Å². The smallest absolute Gasteiger partial charge is 0.161 e. The number of nitrogens with zero attached hydrogens (tertiary/aromatic N) is 3. The third-order valence-corrected chi connectivity index (χ3v) is 4.72. The highest BCUT2D eigenvalue weighted by Crippen LogP contribution is 2.34. The quantitative estimate of drug-likeness (QED) is 0.523. The fraction of sp³-hybridized carbons (Fsp3) is 0.182. The van der Waals surface area contributed by atoms with Crippen molar-refractivity contribution in [2.45, 2.75) is 13.8 Å². The van der Waals surface area contributed by atoms with Gasteiger partial charge in [-0.1, -0.05) is 0 Å².